The molecule has 0 unspecified atom stereocenters. The second-order valence-corrected chi connectivity index (χ2v) is 6.18. The molecule has 0 aromatic carbocycles. The van der Waals surface area contributed by atoms with Crippen molar-refractivity contribution < 1.29 is 9.90 Å². The summed E-state index contributed by atoms with van der Waals surface area (Å²) in [4.78, 5) is 16.8. The fourth-order valence-corrected chi connectivity index (χ4v) is 2.40. The predicted octanol–water partition coefficient (Wildman–Crippen LogP) is 3.84. The highest BCUT2D eigenvalue weighted by molar-refractivity contribution is 6.24. The molecule has 3 nitrogen and oxygen atoms in total. The molecule has 0 aromatic heterocycles. The highest BCUT2D eigenvalue weighted by Crippen LogP contribution is 2.35. The lowest BCUT2D eigenvalue weighted by molar-refractivity contribution is -0.117. The van der Waals surface area contributed by atoms with Gasteiger partial charge in [0.2, 0.25) is 0 Å². The third-order valence-corrected chi connectivity index (χ3v) is 3.04. The van der Waals surface area contributed by atoms with Gasteiger partial charge in [-0.1, -0.05) is 20.8 Å². The van der Waals surface area contributed by atoms with Crippen molar-refractivity contribution in [3.63, 3.8) is 0 Å². The Morgan fingerprint density at radius 2 is 2.00 bits per heavy atom. The molecular weight excluding hydrogens is 226 g/mol. The second kappa shape index (κ2) is 5.68. The zero-order valence-corrected chi connectivity index (χ0v) is 12.2. The molecule has 18 heavy (non-hydrogen) atoms. The van der Waals surface area contributed by atoms with E-state index in [1.165, 1.54) is 0 Å². The number of hydrogen-bond donors (Lipinski definition) is 1. The number of aliphatic hydroxyl groups is 1. The van der Waals surface area contributed by atoms with Gasteiger partial charge in [0.15, 0.2) is 5.78 Å². The quantitative estimate of drug-likeness (QED) is 0.612. The normalized spacial score (nSPS) is 24.8. The average Bonchev–Trinajstić information content (AvgIpc) is 2.13. The minimum atomic E-state index is -0.0548. The van der Waals surface area contributed by atoms with Crippen molar-refractivity contribution in [1.82, 2.24) is 0 Å². The smallest absolute Gasteiger partial charge is 0.168 e. The van der Waals surface area contributed by atoms with Crippen LogP contribution in [-0.2, 0) is 4.79 Å². The summed E-state index contributed by atoms with van der Waals surface area (Å²) in [7, 11) is 0. The Morgan fingerprint density at radius 1 is 1.39 bits per heavy atom. The minimum Gasteiger partial charge on any atom is -0.511 e. The molecule has 102 valence electrons. The van der Waals surface area contributed by atoms with Crippen molar-refractivity contribution in [3.05, 3.63) is 11.3 Å². The fraction of sp³-hybridized carbons (Fsp3) is 0.733. The van der Waals surface area contributed by atoms with Crippen molar-refractivity contribution >= 4 is 11.5 Å². The third-order valence-electron chi connectivity index (χ3n) is 3.04. The van der Waals surface area contributed by atoms with Crippen molar-refractivity contribution in [1.29, 1.82) is 0 Å². The first-order valence-electron chi connectivity index (χ1n) is 6.79. The molecule has 1 aliphatic rings. The van der Waals surface area contributed by atoms with Gasteiger partial charge in [-0.2, -0.15) is 0 Å². The van der Waals surface area contributed by atoms with Gasteiger partial charge in [0.1, 0.15) is 5.76 Å². The summed E-state index contributed by atoms with van der Waals surface area (Å²) >= 11 is 0. The van der Waals surface area contributed by atoms with Crippen LogP contribution in [-0.4, -0.2) is 22.6 Å². The Bertz CT molecular complexity index is 389. The third kappa shape index (κ3) is 3.69. The van der Waals surface area contributed by atoms with Gasteiger partial charge >= 0.3 is 0 Å². The number of hydrogen-bond acceptors (Lipinski definition) is 3. The molecule has 1 fully saturated rings. The van der Waals surface area contributed by atoms with Gasteiger partial charge in [-0.3, -0.25) is 9.79 Å². The van der Waals surface area contributed by atoms with Crippen LogP contribution in [0.25, 0.3) is 0 Å². The first-order valence-corrected chi connectivity index (χ1v) is 6.79. The largest absolute Gasteiger partial charge is 0.511 e. The average molecular weight is 251 g/mol. The van der Waals surface area contributed by atoms with Crippen molar-refractivity contribution in [3.8, 4) is 0 Å². The van der Waals surface area contributed by atoms with Crippen LogP contribution in [0, 0.1) is 5.41 Å². The number of aliphatic imine (C=N–C) groups is 1. The summed E-state index contributed by atoms with van der Waals surface area (Å²) in [6.07, 6.45) is 2.65. The van der Waals surface area contributed by atoms with E-state index >= 15 is 0 Å². The van der Waals surface area contributed by atoms with E-state index < -0.39 is 0 Å². The van der Waals surface area contributed by atoms with Gasteiger partial charge in [0.05, 0.1) is 5.57 Å². The molecule has 3 heteroatoms. The number of carbonyl (C=O) groups is 1. The summed E-state index contributed by atoms with van der Waals surface area (Å²) in [5.41, 5.74) is 1.22. The standard InChI is InChI=1S/C15H25NO2/c1-6-7-12(17)14-11(16-10(2)3)8-15(4,5)9-13(14)18/h10,17H,6-9H2,1-5H3/b14-12+,16-11?. The maximum atomic E-state index is 12.2. The van der Waals surface area contributed by atoms with Gasteiger partial charge in [-0.25, -0.2) is 0 Å². The Kier molecular flexibility index (Phi) is 4.71. The summed E-state index contributed by atoms with van der Waals surface area (Å²) < 4.78 is 0. The maximum Gasteiger partial charge on any atom is 0.168 e. The van der Waals surface area contributed by atoms with Crippen LogP contribution in [0.1, 0.15) is 60.3 Å². The molecule has 0 aromatic rings. The van der Waals surface area contributed by atoms with E-state index in [-0.39, 0.29) is 23.0 Å². The summed E-state index contributed by atoms with van der Waals surface area (Å²) in [6, 6.07) is 0.145. The van der Waals surface area contributed by atoms with Crippen LogP contribution < -0.4 is 0 Å². The van der Waals surface area contributed by atoms with E-state index in [2.05, 4.69) is 18.8 Å². The zero-order valence-electron chi connectivity index (χ0n) is 12.2. The van der Waals surface area contributed by atoms with Crippen molar-refractivity contribution in [2.75, 3.05) is 0 Å². The van der Waals surface area contributed by atoms with E-state index in [1.807, 2.05) is 20.8 Å². The summed E-state index contributed by atoms with van der Waals surface area (Å²) in [6.45, 7) is 10.1. The van der Waals surface area contributed by atoms with E-state index in [0.717, 1.165) is 18.6 Å². The monoisotopic (exact) mass is 251 g/mol. The Balaban J connectivity index is 3.20. The number of allylic oxidation sites excluding steroid dienone is 2. The maximum absolute atomic E-state index is 12.2. The van der Waals surface area contributed by atoms with Crippen LogP contribution in [0.4, 0.5) is 0 Å². The number of aliphatic hydroxyl groups excluding tert-OH is 1. The van der Waals surface area contributed by atoms with Gasteiger partial charge < -0.3 is 5.11 Å². The molecule has 0 saturated heterocycles. The molecule has 0 heterocycles. The SMILES string of the molecule is CCC/C(O)=C1\C(=O)CC(C)(C)CC1=NC(C)C. The van der Waals surface area contributed by atoms with E-state index in [4.69, 9.17) is 0 Å². The lowest BCUT2D eigenvalue weighted by Gasteiger charge is -2.31. The minimum absolute atomic E-state index is 0.0385. The van der Waals surface area contributed by atoms with Crippen LogP contribution in [0.3, 0.4) is 0 Å². The lowest BCUT2D eigenvalue weighted by Crippen LogP contribution is -2.33. The molecule has 0 spiro atoms. The first kappa shape index (κ1) is 14.9. The van der Waals surface area contributed by atoms with Crippen LogP contribution in [0.15, 0.2) is 16.3 Å². The van der Waals surface area contributed by atoms with Crippen LogP contribution >= 0.6 is 0 Å². The molecule has 0 bridgehead atoms. The molecule has 1 N–H and O–H groups in total. The van der Waals surface area contributed by atoms with Crippen LogP contribution in [0.2, 0.25) is 0 Å². The molecule has 0 atom stereocenters. The molecule has 0 radical (unpaired) electrons. The molecule has 1 aliphatic carbocycles. The highest BCUT2D eigenvalue weighted by Gasteiger charge is 2.36. The number of ketones is 1. The van der Waals surface area contributed by atoms with Gasteiger partial charge in [0.25, 0.3) is 0 Å². The van der Waals surface area contributed by atoms with Crippen molar-refractivity contribution in [2.24, 2.45) is 10.4 Å². The fourth-order valence-electron chi connectivity index (χ4n) is 2.40. The number of Topliss-reactive ketones (excluding diaryl/α,β-unsaturated/α-hetero) is 1. The molecule has 0 amide bonds. The number of nitrogens with zero attached hydrogens (tertiary/aromatic N) is 1. The van der Waals surface area contributed by atoms with Gasteiger partial charge in [0, 0.05) is 24.6 Å². The number of carbonyl (C=O) groups excluding carboxylic acids is 1. The Labute approximate surface area is 110 Å². The topological polar surface area (TPSA) is 49.7 Å². The summed E-state index contributed by atoms with van der Waals surface area (Å²) in [5.74, 6) is 0.258. The predicted molar refractivity (Wildman–Crippen MR) is 75.2 cm³/mol. The number of rotatable bonds is 3. The van der Waals surface area contributed by atoms with Crippen LogP contribution in [0.5, 0.6) is 0 Å². The van der Waals surface area contributed by atoms with E-state index in [1.54, 1.807) is 0 Å². The van der Waals surface area contributed by atoms with Gasteiger partial charge in [-0.05, 0) is 32.1 Å². The van der Waals surface area contributed by atoms with E-state index in [9.17, 15) is 9.90 Å². The lowest BCUT2D eigenvalue weighted by atomic mass is 9.73. The highest BCUT2D eigenvalue weighted by atomic mass is 16.3. The molecule has 1 rings (SSSR count). The molecule has 0 aliphatic heterocycles. The zero-order chi connectivity index (χ0) is 13.9. The second-order valence-electron chi connectivity index (χ2n) is 6.18. The molecule has 1 saturated carbocycles. The Morgan fingerprint density at radius 3 is 2.50 bits per heavy atom. The first-order chi connectivity index (χ1) is 8.26. The van der Waals surface area contributed by atoms with Gasteiger partial charge in [-0.15, -0.1) is 0 Å². The summed E-state index contributed by atoms with van der Waals surface area (Å²) in [5, 5.41) is 10.1. The Hall–Kier alpha value is -1.12. The van der Waals surface area contributed by atoms with Crippen molar-refractivity contribution in [2.45, 2.75) is 66.3 Å². The molecular formula is C15H25NO2. The van der Waals surface area contributed by atoms with E-state index in [0.29, 0.717) is 18.4 Å².